The van der Waals surface area contributed by atoms with Crippen molar-refractivity contribution in [3.8, 4) is 0 Å². The van der Waals surface area contributed by atoms with E-state index in [1.165, 1.54) is 17.8 Å². The van der Waals surface area contributed by atoms with Gasteiger partial charge in [0.05, 0.1) is 22.8 Å². The number of hydrogen-bond donors (Lipinski definition) is 1. The summed E-state index contributed by atoms with van der Waals surface area (Å²) >= 11 is 1.20. The molecule has 5 nitrogen and oxygen atoms in total. The summed E-state index contributed by atoms with van der Waals surface area (Å²) < 4.78 is 40.2. The first-order valence-electron chi connectivity index (χ1n) is 8.15. The summed E-state index contributed by atoms with van der Waals surface area (Å²) in [5, 5.41) is 9.97. The minimum Gasteiger partial charge on any atom is -0.480 e. The second-order valence-corrected chi connectivity index (χ2v) is 6.82. The maximum Gasteiger partial charge on any atom is 0.416 e. The molecule has 0 spiro atoms. The number of nitrogens with zero attached hydrogens (tertiary/aromatic N) is 3. The van der Waals surface area contributed by atoms with Gasteiger partial charge in [-0.2, -0.15) is 13.2 Å². The van der Waals surface area contributed by atoms with Gasteiger partial charge in [0.25, 0.3) is 0 Å². The fourth-order valence-electron chi connectivity index (χ4n) is 2.77. The Morgan fingerprint density at radius 2 is 2.11 bits per heavy atom. The highest BCUT2D eigenvalue weighted by Crippen LogP contribution is 2.33. The Bertz CT molecular complexity index is 972. The van der Waals surface area contributed by atoms with Crippen LogP contribution in [0.1, 0.15) is 30.5 Å². The van der Waals surface area contributed by atoms with Gasteiger partial charge in [-0.05, 0) is 24.1 Å². The van der Waals surface area contributed by atoms with Crippen LogP contribution < -0.4 is 0 Å². The molecular weight excluding hydrogens is 379 g/mol. The molecule has 1 N–H and O–H groups in total. The molecule has 1 unspecified atom stereocenters. The van der Waals surface area contributed by atoms with Crippen molar-refractivity contribution in [2.75, 3.05) is 0 Å². The lowest BCUT2D eigenvalue weighted by atomic mass is 10.1. The fourth-order valence-corrected chi connectivity index (χ4v) is 3.78. The number of carbonyl (C=O) groups is 1. The summed E-state index contributed by atoms with van der Waals surface area (Å²) in [7, 11) is 0. The second-order valence-electron chi connectivity index (χ2n) is 5.88. The van der Waals surface area contributed by atoms with Crippen molar-refractivity contribution >= 4 is 28.8 Å². The summed E-state index contributed by atoms with van der Waals surface area (Å²) in [5.41, 5.74) is 0.944. The van der Waals surface area contributed by atoms with Crippen molar-refractivity contribution in [3.05, 3.63) is 53.9 Å². The smallest absolute Gasteiger partial charge is 0.416 e. The molecule has 2 heterocycles. The average molecular weight is 395 g/mol. The molecule has 0 aliphatic heterocycles. The Morgan fingerprint density at radius 1 is 1.33 bits per heavy atom. The maximum atomic E-state index is 12.9. The van der Waals surface area contributed by atoms with Crippen LogP contribution in [0.4, 0.5) is 13.2 Å². The number of fused-ring (bicyclic) bond motifs is 1. The van der Waals surface area contributed by atoms with E-state index >= 15 is 0 Å². The Kier molecular flexibility index (Phi) is 5.41. The summed E-state index contributed by atoms with van der Waals surface area (Å²) in [6, 6.07) is 5.92. The molecule has 0 amide bonds. The van der Waals surface area contributed by atoms with Crippen LogP contribution in [-0.4, -0.2) is 25.6 Å². The molecule has 0 saturated carbocycles. The van der Waals surface area contributed by atoms with E-state index in [9.17, 15) is 23.1 Å². The van der Waals surface area contributed by atoms with Gasteiger partial charge in [-0.3, -0.25) is 4.98 Å². The van der Waals surface area contributed by atoms with Crippen LogP contribution in [0.5, 0.6) is 0 Å². The number of imidazole rings is 1. The fraction of sp³-hybridized carbons (Fsp3) is 0.278. The van der Waals surface area contributed by atoms with Crippen LogP contribution in [0.25, 0.3) is 11.0 Å². The Labute approximate surface area is 157 Å². The minimum atomic E-state index is -4.41. The highest BCUT2D eigenvalue weighted by atomic mass is 32.2. The lowest BCUT2D eigenvalue weighted by molar-refractivity contribution is -0.141. The van der Waals surface area contributed by atoms with Crippen LogP contribution in [0.15, 0.2) is 47.9 Å². The lowest BCUT2D eigenvalue weighted by Crippen LogP contribution is -2.19. The van der Waals surface area contributed by atoms with Crippen molar-refractivity contribution in [1.29, 1.82) is 0 Å². The number of alkyl halides is 3. The van der Waals surface area contributed by atoms with E-state index < -0.39 is 23.8 Å². The molecule has 2 aromatic heterocycles. The van der Waals surface area contributed by atoms with Gasteiger partial charge in [0.2, 0.25) is 0 Å². The van der Waals surface area contributed by atoms with Gasteiger partial charge in [0.1, 0.15) is 6.04 Å². The van der Waals surface area contributed by atoms with E-state index in [-0.39, 0.29) is 5.75 Å². The van der Waals surface area contributed by atoms with Crippen molar-refractivity contribution in [2.45, 2.75) is 36.5 Å². The molecular formula is C18H16F3N3O2S. The molecule has 0 aliphatic carbocycles. The number of benzene rings is 1. The standard InChI is InChI=1S/C18H16F3N3O2S/c1-2-14(16(25)26)24-15-9-22-7-6-13(15)23-17(24)27-10-11-4-3-5-12(8-11)18(19,20)21/h3-9,14H,2,10H2,1H3,(H,25,26). The van der Waals surface area contributed by atoms with E-state index in [0.29, 0.717) is 28.2 Å². The molecule has 0 bridgehead atoms. The molecule has 1 atom stereocenters. The van der Waals surface area contributed by atoms with Crippen LogP contribution in [-0.2, 0) is 16.7 Å². The SMILES string of the molecule is CCC(C(=O)O)n1c(SCc2cccc(C(F)(F)F)c2)nc2ccncc21. The molecule has 0 saturated heterocycles. The van der Waals surface area contributed by atoms with Gasteiger partial charge >= 0.3 is 12.1 Å². The summed E-state index contributed by atoms with van der Waals surface area (Å²) in [4.78, 5) is 20.1. The molecule has 3 rings (SSSR count). The number of aliphatic carboxylic acids is 1. The van der Waals surface area contributed by atoms with Crippen LogP contribution in [0, 0.1) is 0 Å². The first-order chi connectivity index (χ1) is 12.8. The van der Waals surface area contributed by atoms with E-state index in [1.54, 1.807) is 36.0 Å². The number of aromatic nitrogens is 3. The van der Waals surface area contributed by atoms with Crippen molar-refractivity contribution < 1.29 is 23.1 Å². The Hall–Kier alpha value is -2.55. The number of hydrogen-bond acceptors (Lipinski definition) is 4. The summed E-state index contributed by atoms with van der Waals surface area (Å²) in [5.74, 6) is -0.766. The zero-order valence-corrected chi connectivity index (χ0v) is 15.1. The number of carboxylic acid groups (broad SMARTS) is 1. The molecule has 3 aromatic rings. The molecule has 1 aromatic carbocycles. The van der Waals surface area contributed by atoms with E-state index in [0.717, 1.165) is 12.1 Å². The number of thioether (sulfide) groups is 1. The average Bonchev–Trinajstić information content (AvgIpc) is 2.98. The van der Waals surface area contributed by atoms with Gasteiger partial charge in [0, 0.05) is 11.9 Å². The number of rotatable bonds is 6. The van der Waals surface area contributed by atoms with Crippen LogP contribution in [0.3, 0.4) is 0 Å². The highest BCUT2D eigenvalue weighted by molar-refractivity contribution is 7.98. The number of pyridine rings is 1. The first kappa shape index (κ1) is 19.2. The summed E-state index contributed by atoms with van der Waals surface area (Å²) in [6.45, 7) is 1.75. The van der Waals surface area contributed by atoms with Gasteiger partial charge in [0.15, 0.2) is 5.16 Å². The van der Waals surface area contributed by atoms with Crippen molar-refractivity contribution in [2.24, 2.45) is 0 Å². The number of carboxylic acids is 1. The quantitative estimate of drug-likeness (QED) is 0.609. The lowest BCUT2D eigenvalue weighted by Gasteiger charge is -2.16. The van der Waals surface area contributed by atoms with Gasteiger partial charge in [-0.25, -0.2) is 9.78 Å². The van der Waals surface area contributed by atoms with Gasteiger partial charge in [-0.15, -0.1) is 0 Å². The largest absolute Gasteiger partial charge is 0.480 e. The third kappa shape index (κ3) is 4.08. The Balaban J connectivity index is 1.94. The second kappa shape index (κ2) is 7.59. The van der Waals surface area contributed by atoms with Crippen LogP contribution >= 0.6 is 11.8 Å². The highest BCUT2D eigenvalue weighted by Gasteiger charge is 2.30. The van der Waals surface area contributed by atoms with E-state index in [4.69, 9.17) is 0 Å². The molecule has 142 valence electrons. The maximum absolute atomic E-state index is 12.9. The molecule has 9 heteroatoms. The predicted molar refractivity (Wildman–Crippen MR) is 95.5 cm³/mol. The summed E-state index contributed by atoms with van der Waals surface area (Å²) in [6.07, 6.45) is -0.964. The third-order valence-corrected chi connectivity index (χ3v) is 5.09. The minimum absolute atomic E-state index is 0.233. The van der Waals surface area contributed by atoms with E-state index in [1.807, 2.05) is 0 Å². The van der Waals surface area contributed by atoms with Crippen LogP contribution in [0.2, 0.25) is 0 Å². The molecule has 0 radical (unpaired) electrons. The molecule has 0 fully saturated rings. The molecule has 27 heavy (non-hydrogen) atoms. The molecule has 0 aliphatic rings. The zero-order valence-electron chi connectivity index (χ0n) is 14.3. The predicted octanol–water partition coefficient (Wildman–Crippen LogP) is 4.78. The monoisotopic (exact) mass is 395 g/mol. The van der Waals surface area contributed by atoms with Gasteiger partial charge in [-0.1, -0.05) is 36.9 Å². The first-order valence-corrected chi connectivity index (χ1v) is 9.13. The van der Waals surface area contributed by atoms with Crippen molar-refractivity contribution in [3.63, 3.8) is 0 Å². The Morgan fingerprint density at radius 3 is 2.78 bits per heavy atom. The van der Waals surface area contributed by atoms with Crippen molar-refractivity contribution in [1.82, 2.24) is 14.5 Å². The number of halogens is 3. The topological polar surface area (TPSA) is 68.0 Å². The van der Waals surface area contributed by atoms with Gasteiger partial charge < -0.3 is 9.67 Å². The van der Waals surface area contributed by atoms with E-state index in [2.05, 4.69) is 9.97 Å². The zero-order chi connectivity index (χ0) is 19.6. The third-order valence-electron chi connectivity index (χ3n) is 4.07. The normalized spacial score (nSPS) is 13.0.